The number of likely N-dealkylation sites (N-methyl/N-ethyl adjacent to an activating group) is 1. The van der Waals surface area contributed by atoms with Crippen molar-refractivity contribution in [3.8, 4) is 5.75 Å². The lowest BCUT2D eigenvalue weighted by Crippen LogP contribution is -2.49. The van der Waals surface area contributed by atoms with Crippen molar-refractivity contribution >= 4 is 27.7 Å². The molecule has 156 valence electrons. The van der Waals surface area contributed by atoms with Crippen LogP contribution in [0.4, 0.5) is 0 Å². The van der Waals surface area contributed by atoms with Crippen LogP contribution in [0.25, 0.3) is 0 Å². The maximum atomic E-state index is 13.0. The molecule has 0 unspecified atom stereocenters. The van der Waals surface area contributed by atoms with Gasteiger partial charge in [0.1, 0.15) is 11.8 Å². The zero-order valence-electron chi connectivity index (χ0n) is 17.4. The topological polar surface area (TPSA) is 58.6 Å². The fourth-order valence-corrected chi connectivity index (χ4v) is 3.59. The summed E-state index contributed by atoms with van der Waals surface area (Å²) in [6.45, 7) is 6.35. The number of carbonyl (C=O) groups excluding carboxylic acids is 2. The van der Waals surface area contributed by atoms with Gasteiger partial charge in [-0.05, 0) is 51.5 Å². The quantitative estimate of drug-likeness (QED) is 0.598. The molecule has 0 saturated carbocycles. The Morgan fingerprint density at radius 2 is 1.83 bits per heavy atom. The van der Waals surface area contributed by atoms with E-state index in [1.807, 2.05) is 55.5 Å². The Kier molecular flexibility index (Phi) is 8.70. The van der Waals surface area contributed by atoms with Crippen LogP contribution in [0.5, 0.6) is 5.75 Å². The summed E-state index contributed by atoms with van der Waals surface area (Å²) in [6.07, 6.45) is 0.519. The summed E-state index contributed by atoms with van der Waals surface area (Å²) in [7, 11) is 1.58. The lowest BCUT2D eigenvalue weighted by Gasteiger charge is -2.30. The molecule has 5 nitrogen and oxygen atoms in total. The second kappa shape index (κ2) is 11.0. The predicted octanol–water partition coefficient (Wildman–Crippen LogP) is 4.50. The molecule has 0 heterocycles. The molecule has 0 saturated heterocycles. The van der Waals surface area contributed by atoms with E-state index < -0.39 is 6.04 Å². The van der Waals surface area contributed by atoms with Crippen LogP contribution in [0.1, 0.15) is 44.2 Å². The van der Waals surface area contributed by atoms with Crippen LogP contribution in [-0.4, -0.2) is 36.4 Å². The molecular weight excluding hydrogens is 432 g/mol. The zero-order valence-corrected chi connectivity index (χ0v) is 19.0. The Morgan fingerprint density at radius 1 is 1.14 bits per heavy atom. The van der Waals surface area contributed by atoms with Gasteiger partial charge in [0, 0.05) is 13.6 Å². The highest BCUT2D eigenvalue weighted by atomic mass is 79.9. The van der Waals surface area contributed by atoms with E-state index in [4.69, 9.17) is 4.74 Å². The van der Waals surface area contributed by atoms with Gasteiger partial charge in [0.25, 0.3) is 5.91 Å². The van der Waals surface area contributed by atoms with Crippen LogP contribution >= 0.6 is 15.9 Å². The zero-order chi connectivity index (χ0) is 21.4. The van der Waals surface area contributed by atoms with Crippen molar-refractivity contribution in [1.82, 2.24) is 10.2 Å². The summed E-state index contributed by atoms with van der Waals surface area (Å²) >= 11 is 3.52. The number of amides is 2. The lowest BCUT2D eigenvalue weighted by molar-refractivity contribution is -0.142. The Labute approximate surface area is 181 Å². The third-order valence-corrected chi connectivity index (χ3v) is 5.42. The molecule has 6 heteroatoms. The summed E-state index contributed by atoms with van der Waals surface area (Å²) in [4.78, 5) is 27.0. The molecule has 2 rings (SSSR count). The van der Waals surface area contributed by atoms with E-state index in [1.165, 1.54) is 5.56 Å². The van der Waals surface area contributed by atoms with Crippen molar-refractivity contribution in [3.05, 3.63) is 64.1 Å². The van der Waals surface area contributed by atoms with Crippen molar-refractivity contribution in [2.75, 3.05) is 13.7 Å². The average molecular weight is 461 g/mol. The molecule has 1 atom stereocenters. The SMILES string of the molecule is CC[C@H](C(=O)NC)N(Cc1ccccc1)C(=O)COc1ccc(C(C)C)cc1Br. The Morgan fingerprint density at radius 3 is 2.38 bits per heavy atom. The van der Waals surface area contributed by atoms with E-state index in [9.17, 15) is 9.59 Å². The molecule has 0 bridgehead atoms. The fraction of sp³-hybridized carbons (Fsp3) is 0.391. The number of carbonyl (C=O) groups is 2. The summed E-state index contributed by atoms with van der Waals surface area (Å²) in [5, 5.41) is 2.66. The minimum atomic E-state index is -0.553. The minimum Gasteiger partial charge on any atom is -0.483 e. The van der Waals surface area contributed by atoms with Crippen molar-refractivity contribution in [3.63, 3.8) is 0 Å². The Hall–Kier alpha value is -2.34. The van der Waals surface area contributed by atoms with Crippen LogP contribution < -0.4 is 10.1 Å². The maximum Gasteiger partial charge on any atom is 0.261 e. The molecule has 2 aromatic carbocycles. The first-order valence-electron chi connectivity index (χ1n) is 9.84. The van der Waals surface area contributed by atoms with Gasteiger partial charge in [0.05, 0.1) is 4.47 Å². The number of hydrogen-bond donors (Lipinski definition) is 1. The van der Waals surface area contributed by atoms with Crippen molar-refractivity contribution < 1.29 is 14.3 Å². The Balaban J connectivity index is 2.17. The van der Waals surface area contributed by atoms with Gasteiger partial charge in [-0.3, -0.25) is 9.59 Å². The number of nitrogens with one attached hydrogen (secondary N) is 1. The van der Waals surface area contributed by atoms with Gasteiger partial charge in [-0.15, -0.1) is 0 Å². The number of ether oxygens (including phenoxy) is 1. The molecule has 0 spiro atoms. The molecule has 0 aliphatic rings. The molecule has 2 amide bonds. The number of nitrogens with zero attached hydrogens (tertiary/aromatic N) is 1. The first-order chi connectivity index (χ1) is 13.9. The van der Waals surface area contributed by atoms with Gasteiger partial charge >= 0.3 is 0 Å². The highest BCUT2D eigenvalue weighted by molar-refractivity contribution is 9.10. The summed E-state index contributed by atoms with van der Waals surface area (Å²) in [5.74, 6) is 0.597. The maximum absolute atomic E-state index is 13.0. The third kappa shape index (κ3) is 6.32. The van der Waals surface area contributed by atoms with Gasteiger partial charge in [-0.1, -0.05) is 57.2 Å². The number of halogens is 1. The largest absolute Gasteiger partial charge is 0.483 e. The molecule has 1 N–H and O–H groups in total. The van der Waals surface area contributed by atoms with E-state index in [-0.39, 0.29) is 18.4 Å². The molecule has 0 radical (unpaired) electrons. The van der Waals surface area contributed by atoms with E-state index >= 15 is 0 Å². The van der Waals surface area contributed by atoms with E-state index in [2.05, 4.69) is 35.1 Å². The van der Waals surface area contributed by atoms with Gasteiger partial charge < -0.3 is 15.0 Å². The molecule has 2 aromatic rings. The first kappa shape index (κ1) is 22.9. The number of hydrogen-bond acceptors (Lipinski definition) is 3. The molecule has 0 aliphatic carbocycles. The monoisotopic (exact) mass is 460 g/mol. The predicted molar refractivity (Wildman–Crippen MR) is 119 cm³/mol. The Bertz CT molecular complexity index is 824. The van der Waals surface area contributed by atoms with Crippen molar-refractivity contribution in [2.24, 2.45) is 0 Å². The third-order valence-electron chi connectivity index (χ3n) is 4.80. The number of benzene rings is 2. The van der Waals surface area contributed by atoms with Crippen LogP contribution in [0.3, 0.4) is 0 Å². The van der Waals surface area contributed by atoms with Crippen LogP contribution in [-0.2, 0) is 16.1 Å². The summed E-state index contributed by atoms with van der Waals surface area (Å²) < 4.78 is 6.60. The van der Waals surface area contributed by atoms with Crippen molar-refractivity contribution in [1.29, 1.82) is 0 Å². The number of rotatable bonds is 9. The lowest BCUT2D eigenvalue weighted by atomic mass is 10.0. The molecule has 0 aliphatic heterocycles. The average Bonchev–Trinajstić information content (AvgIpc) is 2.72. The summed E-state index contributed by atoms with van der Waals surface area (Å²) in [6, 6.07) is 15.0. The van der Waals surface area contributed by atoms with E-state index in [0.717, 1.165) is 10.0 Å². The van der Waals surface area contributed by atoms with E-state index in [1.54, 1.807) is 11.9 Å². The summed E-state index contributed by atoms with van der Waals surface area (Å²) in [5.41, 5.74) is 2.15. The second-order valence-corrected chi connectivity index (χ2v) is 8.03. The normalized spacial score (nSPS) is 11.8. The van der Waals surface area contributed by atoms with Crippen molar-refractivity contribution in [2.45, 2.75) is 45.7 Å². The molecule has 29 heavy (non-hydrogen) atoms. The molecule has 0 fully saturated rings. The smallest absolute Gasteiger partial charge is 0.261 e. The standard InChI is InChI=1S/C23H29BrN2O3/c1-5-20(23(28)25-4)26(14-17-9-7-6-8-10-17)22(27)15-29-21-12-11-18(16(2)3)13-19(21)24/h6-13,16,20H,5,14-15H2,1-4H3,(H,25,28)/t20-/m1/s1. The van der Waals surface area contributed by atoms with Crippen LogP contribution in [0.15, 0.2) is 53.0 Å². The molecule has 0 aromatic heterocycles. The fourth-order valence-electron chi connectivity index (χ4n) is 3.08. The highest BCUT2D eigenvalue weighted by Gasteiger charge is 2.28. The first-order valence-corrected chi connectivity index (χ1v) is 10.6. The van der Waals surface area contributed by atoms with Gasteiger partial charge in [0.2, 0.25) is 5.91 Å². The van der Waals surface area contributed by atoms with Crippen LogP contribution in [0, 0.1) is 0 Å². The van der Waals surface area contributed by atoms with Gasteiger partial charge in [-0.2, -0.15) is 0 Å². The van der Waals surface area contributed by atoms with Gasteiger partial charge in [-0.25, -0.2) is 0 Å². The molecular formula is C23H29BrN2O3. The van der Waals surface area contributed by atoms with Gasteiger partial charge in [0.15, 0.2) is 6.61 Å². The second-order valence-electron chi connectivity index (χ2n) is 7.18. The van der Waals surface area contributed by atoms with Crippen LogP contribution in [0.2, 0.25) is 0 Å². The van der Waals surface area contributed by atoms with E-state index in [0.29, 0.717) is 24.6 Å². The highest BCUT2D eigenvalue weighted by Crippen LogP contribution is 2.29. The minimum absolute atomic E-state index is 0.139.